The molecule has 0 saturated heterocycles. The molecule has 124 valence electrons. The van der Waals surface area contributed by atoms with E-state index in [9.17, 15) is 4.79 Å². The number of benzene rings is 1. The van der Waals surface area contributed by atoms with Gasteiger partial charge in [-0.3, -0.25) is 4.79 Å². The van der Waals surface area contributed by atoms with Crippen molar-refractivity contribution in [2.24, 2.45) is 0 Å². The van der Waals surface area contributed by atoms with E-state index in [1.807, 2.05) is 19.4 Å². The van der Waals surface area contributed by atoms with Crippen molar-refractivity contribution in [3.05, 3.63) is 47.5 Å². The maximum absolute atomic E-state index is 11.0. The average Bonchev–Trinajstić information content (AvgIpc) is 3.14. The maximum atomic E-state index is 11.0. The third-order valence-corrected chi connectivity index (χ3v) is 5.49. The van der Waals surface area contributed by atoms with Crippen LogP contribution in [0.2, 0.25) is 0 Å². The molecule has 0 bridgehead atoms. The van der Waals surface area contributed by atoms with Crippen LogP contribution in [0.5, 0.6) is 0 Å². The van der Waals surface area contributed by atoms with E-state index in [4.69, 9.17) is 0 Å². The second-order valence-corrected chi connectivity index (χ2v) is 7.56. The Hall–Kier alpha value is -2.19. The largest absolute Gasteiger partial charge is 0.304 e. The van der Waals surface area contributed by atoms with Crippen molar-refractivity contribution < 1.29 is 4.79 Å². The number of amides is 1. The van der Waals surface area contributed by atoms with Gasteiger partial charge in [0.15, 0.2) is 4.34 Å². The number of nitrogens with zero attached hydrogens (tertiary/aromatic N) is 4. The van der Waals surface area contributed by atoms with E-state index in [1.165, 1.54) is 29.4 Å². The molecular formula is C16H17N5OS2. The van der Waals surface area contributed by atoms with Crippen LogP contribution in [0.25, 0.3) is 5.69 Å². The van der Waals surface area contributed by atoms with Gasteiger partial charge < -0.3 is 9.88 Å². The molecule has 0 aliphatic carbocycles. The Balaban J connectivity index is 1.68. The lowest BCUT2D eigenvalue weighted by Crippen LogP contribution is -2.04. The van der Waals surface area contributed by atoms with Crippen LogP contribution in [-0.4, -0.2) is 25.7 Å². The third kappa shape index (κ3) is 3.82. The lowest BCUT2D eigenvalue weighted by Gasteiger charge is -2.09. The number of aryl methyl sites for hydroxylation is 2. The van der Waals surface area contributed by atoms with Gasteiger partial charge in [-0.05, 0) is 37.1 Å². The highest BCUT2D eigenvalue weighted by Crippen LogP contribution is 2.29. The molecule has 2 heterocycles. The van der Waals surface area contributed by atoms with Crippen LogP contribution in [0.15, 0.2) is 35.1 Å². The summed E-state index contributed by atoms with van der Waals surface area (Å²) < 4.78 is 2.90. The Kier molecular flexibility index (Phi) is 4.96. The Morgan fingerprint density at radius 2 is 2.17 bits per heavy atom. The fourth-order valence-corrected chi connectivity index (χ4v) is 4.11. The molecule has 0 radical (unpaired) electrons. The number of nitrogens with one attached hydrogen (secondary N) is 1. The van der Waals surface area contributed by atoms with Gasteiger partial charge in [0, 0.05) is 30.3 Å². The standard InChI is InChI=1S/C16H17N5OS2/c1-10-6-14(21-9-17-7-11(21)2)5-4-13(10)8-23-16-20-19-15(24-16)18-12(3)22/h4-7,9H,8H2,1-3H3,(H,18,19,22). The summed E-state index contributed by atoms with van der Waals surface area (Å²) >= 11 is 3.00. The van der Waals surface area contributed by atoms with E-state index < -0.39 is 0 Å². The lowest BCUT2D eigenvalue weighted by atomic mass is 10.1. The first-order valence-electron chi connectivity index (χ1n) is 7.35. The van der Waals surface area contributed by atoms with Crippen molar-refractivity contribution >= 4 is 34.1 Å². The smallest absolute Gasteiger partial charge is 0.223 e. The van der Waals surface area contributed by atoms with Crippen molar-refractivity contribution in [3.8, 4) is 5.69 Å². The number of hydrogen-bond acceptors (Lipinski definition) is 6. The fraction of sp³-hybridized carbons (Fsp3) is 0.250. The van der Waals surface area contributed by atoms with Gasteiger partial charge in [-0.2, -0.15) is 0 Å². The van der Waals surface area contributed by atoms with Crippen LogP contribution < -0.4 is 5.32 Å². The maximum Gasteiger partial charge on any atom is 0.223 e. The van der Waals surface area contributed by atoms with Gasteiger partial charge >= 0.3 is 0 Å². The summed E-state index contributed by atoms with van der Waals surface area (Å²) in [5, 5.41) is 11.2. The van der Waals surface area contributed by atoms with Crippen LogP contribution in [0.4, 0.5) is 5.13 Å². The molecule has 0 aliphatic rings. The minimum absolute atomic E-state index is 0.135. The van der Waals surface area contributed by atoms with Crippen molar-refractivity contribution in [1.82, 2.24) is 19.7 Å². The summed E-state index contributed by atoms with van der Waals surface area (Å²) in [6, 6.07) is 6.39. The molecule has 0 aliphatic heterocycles. The molecule has 0 fully saturated rings. The molecule has 0 atom stereocenters. The minimum Gasteiger partial charge on any atom is -0.304 e. The van der Waals surface area contributed by atoms with E-state index in [1.54, 1.807) is 11.8 Å². The molecule has 0 spiro atoms. The molecule has 8 heteroatoms. The van der Waals surface area contributed by atoms with E-state index in [-0.39, 0.29) is 5.91 Å². The predicted molar refractivity (Wildman–Crippen MR) is 96.8 cm³/mol. The number of carbonyl (C=O) groups excluding carboxylic acids is 1. The zero-order valence-electron chi connectivity index (χ0n) is 13.6. The number of anilines is 1. The fourth-order valence-electron chi connectivity index (χ4n) is 2.23. The average molecular weight is 359 g/mol. The van der Waals surface area contributed by atoms with Gasteiger partial charge in [-0.15, -0.1) is 10.2 Å². The van der Waals surface area contributed by atoms with Crippen molar-refractivity contribution in [3.63, 3.8) is 0 Å². The molecule has 1 amide bonds. The Labute approximate surface area is 148 Å². The molecule has 24 heavy (non-hydrogen) atoms. The number of thioether (sulfide) groups is 1. The summed E-state index contributed by atoms with van der Waals surface area (Å²) in [7, 11) is 0. The third-order valence-electron chi connectivity index (χ3n) is 3.47. The highest BCUT2D eigenvalue weighted by atomic mass is 32.2. The number of rotatable bonds is 5. The zero-order valence-corrected chi connectivity index (χ0v) is 15.2. The van der Waals surface area contributed by atoms with Gasteiger partial charge in [0.25, 0.3) is 0 Å². The van der Waals surface area contributed by atoms with E-state index in [2.05, 4.69) is 50.2 Å². The summed E-state index contributed by atoms with van der Waals surface area (Å²) in [5.74, 6) is 0.674. The highest BCUT2D eigenvalue weighted by molar-refractivity contribution is 8.00. The number of imidazole rings is 1. The molecule has 1 N–H and O–H groups in total. The van der Waals surface area contributed by atoms with E-state index >= 15 is 0 Å². The predicted octanol–water partition coefficient (Wildman–Crippen LogP) is 3.59. The van der Waals surface area contributed by atoms with Crippen molar-refractivity contribution in [2.45, 2.75) is 30.9 Å². The molecule has 0 unspecified atom stereocenters. The Morgan fingerprint density at radius 3 is 2.83 bits per heavy atom. The Morgan fingerprint density at radius 1 is 1.33 bits per heavy atom. The molecule has 6 nitrogen and oxygen atoms in total. The SMILES string of the molecule is CC(=O)Nc1nnc(SCc2ccc(-n3cncc3C)cc2C)s1. The zero-order chi connectivity index (χ0) is 17.1. The van der Waals surface area contributed by atoms with Gasteiger partial charge in [0.05, 0.1) is 6.33 Å². The van der Waals surface area contributed by atoms with E-state index in [0.717, 1.165) is 21.5 Å². The quantitative estimate of drug-likeness (QED) is 0.557. The second kappa shape index (κ2) is 7.14. The molecule has 3 rings (SSSR count). The summed E-state index contributed by atoms with van der Waals surface area (Å²) in [6.45, 7) is 5.60. The van der Waals surface area contributed by atoms with Crippen LogP contribution in [0, 0.1) is 13.8 Å². The van der Waals surface area contributed by atoms with Crippen LogP contribution in [0.3, 0.4) is 0 Å². The first-order chi connectivity index (χ1) is 11.5. The normalized spacial score (nSPS) is 10.8. The second-order valence-electron chi connectivity index (χ2n) is 5.36. The molecule has 1 aromatic carbocycles. The first kappa shape index (κ1) is 16.7. The molecule has 0 saturated carbocycles. The van der Waals surface area contributed by atoms with Crippen molar-refractivity contribution in [1.29, 1.82) is 0 Å². The summed E-state index contributed by atoms with van der Waals surface area (Å²) in [5.41, 5.74) is 4.69. The lowest BCUT2D eigenvalue weighted by molar-refractivity contribution is -0.114. The van der Waals surface area contributed by atoms with Gasteiger partial charge in [-0.1, -0.05) is 29.2 Å². The van der Waals surface area contributed by atoms with Crippen molar-refractivity contribution in [2.75, 3.05) is 5.32 Å². The van der Waals surface area contributed by atoms with Gasteiger partial charge in [-0.25, -0.2) is 4.98 Å². The summed E-state index contributed by atoms with van der Waals surface area (Å²) in [6.07, 6.45) is 3.67. The van der Waals surface area contributed by atoms with Gasteiger partial charge in [0.1, 0.15) is 0 Å². The molecule has 3 aromatic rings. The van der Waals surface area contributed by atoms with E-state index in [0.29, 0.717) is 5.13 Å². The van der Waals surface area contributed by atoms with Crippen LogP contribution in [0.1, 0.15) is 23.7 Å². The Bertz CT molecular complexity index is 871. The first-order valence-corrected chi connectivity index (χ1v) is 9.16. The number of aromatic nitrogens is 4. The monoisotopic (exact) mass is 359 g/mol. The highest BCUT2D eigenvalue weighted by Gasteiger charge is 2.08. The minimum atomic E-state index is -0.135. The van der Waals surface area contributed by atoms with Crippen LogP contribution >= 0.6 is 23.1 Å². The van der Waals surface area contributed by atoms with Gasteiger partial charge in [0.2, 0.25) is 11.0 Å². The topological polar surface area (TPSA) is 72.7 Å². The summed E-state index contributed by atoms with van der Waals surface area (Å²) in [4.78, 5) is 15.2. The number of hydrogen-bond donors (Lipinski definition) is 1. The van der Waals surface area contributed by atoms with Crippen LogP contribution in [-0.2, 0) is 10.5 Å². The number of carbonyl (C=O) groups is 1. The molecule has 2 aromatic heterocycles. The molecular weight excluding hydrogens is 342 g/mol.